The minimum Gasteiger partial charge on any atom is -0.348 e. The molecule has 0 spiro atoms. The maximum atomic E-state index is 11.5. The Labute approximate surface area is 100 Å². The average molecular weight is 236 g/mol. The fourth-order valence-electron chi connectivity index (χ4n) is 1.56. The number of carbonyl (C=O) groups excluding carboxylic acids is 1. The van der Waals surface area contributed by atoms with E-state index in [9.17, 15) is 4.79 Å². The van der Waals surface area contributed by atoms with Gasteiger partial charge < -0.3 is 5.32 Å². The molecule has 1 aromatic rings. The van der Waals surface area contributed by atoms with Crippen molar-refractivity contribution in [3.8, 4) is 6.07 Å². The Hall–Kier alpha value is -1.34. The SMILES string of the molecule is Cc1cc(C(C)NC(=O)C(C)C#N)c(C)s1. The van der Waals surface area contributed by atoms with E-state index in [1.807, 2.05) is 26.8 Å². The molecule has 0 aliphatic carbocycles. The van der Waals surface area contributed by atoms with Crippen molar-refractivity contribution in [3.05, 3.63) is 21.4 Å². The van der Waals surface area contributed by atoms with Crippen LogP contribution < -0.4 is 5.32 Å². The van der Waals surface area contributed by atoms with Crippen molar-refractivity contribution >= 4 is 17.2 Å². The van der Waals surface area contributed by atoms with Gasteiger partial charge in [0.1, 0.15) is 5.92 Å². The summed E-state index contributed by atoms with van der Waals surface area (Å²) >= 11 is 1.72. The number of nitrogens with one attached hydrogen (secondary N) is 1. The first-order chi connectivity index (χ1) is 7.45. The highest BCUT2D eigenvalue weighted by molar-refractivity contribution is 7.12. The van der Waals surface area contributed by atoms with E-state index in [4.69, 9.17) is 5.26 Å². The molecular formula is C12H16N2OS. The highest BCUT2D eigenvalue weighted by Crippen LogP contribution is 2.26. The normalized spacial score (nSPS) is 13.9. The van der Waals surface area contributed by atoms with E-state index in [0.717, 1.165) is 5.56 Å². The summed E-state index contributed by atoms with van der Waals surface area (Å²) in [6, 6.07) is 3.98. The molecule has 1 heterocycles. The molecule has 0 aliphatic heterocycles. The molecule has 4 heteroatoms. The Morgan fingerprint density at radius 3 is 2.56 bits per heavy atom. The van der Waals surface area contributed by atoms with Crippen molar-refractivity contribution in [3.63, 3.8) is 0 Å². The minimum atomic E-state index is -0.595. The first kappa shape index (κ1) is 12.7. The minimum absolute atomic E-state index is 0.0340. The molecule has 1 rings (SSSR count). The van der Waals surface area contributed by atoms with Crippen molar-refractivity contribution in [1.82, 2.24) is 5.32 Å². The lowest BCUT2D eigenvalue weighted by Gasteiger charge is -2.14. The van der Waals surface area contributed by atoms with Crippen molar-refractivity contribution in [1.29, 1.82) is 5.26 Å². The van der Waals surface area contributed by atoms with Crippen LogP contribution in [0.5, 0.6) is 0 Å². The largest absolute Gasteiger partial charge is 0.348 e. The zero-order chi connectivity index (χ0) is 12.3. The first-order valence-electron chi connectivity index (χ1n) is 5.22. The maximum absolute atomic E-state index is 11.5. The van der Waals surface area contributed by atoms with Gasteiger partial charge in [0.2, 0.25) is 5.91 Å². The molecule has 0 saturated carbocycles. The van der Waals surface area contributed by atoms with Crippen LogP contribution in [0.3, 0.4) is 0 Å². The lowest BCUT2D eigenvalue weighted by Crippen LogP contribution is -2.30. The second-order valence-electron chi connectivity index (χ2n) is 3.95. The number of nitriles is 1. The van der Waals surface area contributed by atoms with E-state index < -0.39 is 5.92 Å². The lowest BCUT2D eigenvalue weighted by molar-refractivity contribution is -0.123. The molecule has 2 unspecified atom stereocenters. The molecule has 0 aliphatic rings. The van der Waals surface area contributed by atoms with Crippen molar-refractivity contribution < 1.29 is 4.79 Å². The molecule has 1 N–H and O–H groups in total. The summed E-state index contributed by atoms with van der Waals surface area (Å²) in [5.41, 5.74) is 1.14. The number of carbonyl (C=O) groups is 1. The molecule has 86 valence electrons. The molecule has 0 aromatic carbocycles. The Kier molecular flexibility index (Phi) is 4.08. The zero-order valence-corrected chi connectivity index (χ0v) is 10.8. The fraction of sp³-hybridized carbons (Fsp3) is 0.500. The van der Waals surface area contributed by atoms with E-state index in [-0.39, 0.29) is 11.9 Å². The molecule has 0 bridgehead atoms. The van der Waals surface area contributed by atoms with Gasteiger partial charge in [-0.15, -0.1) is 11.3 Å². The Morgan fingerprint density at radius 2 is 2.12 bits per heavy atom. The second kappa shape index (κ2) is 5.13. The highest BCUT2D eigenvalue weighted by atomic mass is 32.1. The van der Waals surface area contributed by atoms with E-state index in [2.05, 4.69) is 11.4 Å². The van der Waals surface area contributed by atoms with Crippen LogP contribution in [0, 0.1) is 31.1 Å². The van der Waals surface area contributed by atoms with Gasteiger partial charge in [-0.05, 0) is 39.3 Å². The van der Waals surface area contributed by atoms with E-state index in [0.29, 0.717) is 0 Å². The van der Waals surface area contributed by atoms with Crippen molar-refractivity contribution in [2.24, 2.45) is 5.92 Å². The van der Waals surface area contributed by atoms with E-state index >= 15 is 0 Å². The molecule has 3 nitrogen and oxygen atoms in total. The Balaban J connectivity index is 2.73. The molecule has 2 atom stereocenters. The number of thiophene rings is 1. The highest BCUT2D eigenvalue weighted by Gasteiger charge is 2.17. The van der Waals surface area contributed by atoms with Gasteiger partial charge in [-0.3, -0.25) is 4.79 Å². The number of nitrogens with zero attached hydrogens (tertiary/aromatic N) is 1. The molecule has 16 heavy (non-hydrogen) atoms. The lowest BCUT2D eigenvalue weighted by atomic mass is 10.1. The van der Waals surface area contributed by atoms with Gasteiger partial charge in [0.15, 0.2) is 0 Å². The molecule has 0 fully saturated rings. The summed E-state index contributed by atoms with van der Waals surface area (Å²) < 4.78 is 0. The van der Waals surface area contributed by atoms with Gasteiger partial charge in [-0.25, -0.2) is 0 Å². The quantitative estimate of drug-likeness (QED) is 0.877. The van der Waals surface area contributed by atoms with Gasteiger partial charge in [-0.1, -0.05) is 0 Å². The predicted molar refractivity (Wildman–Crippen MR) is 65.1 cm³/mol. The summed E-state index contributed by atoms with van der Waals surface area (Å²) in [4.78, 5) is 14.0. The van der Waals surface area contributed by atoms with Crippen molar-refractivity contribution in [2.45, 2.75) is 33.7 Å². The summed E-state index contributed by atoms with van der Waals surface area (Å²) in [6.07, 6.45) is 0. The van der Waals surface area contributed by atoms with Crippen LogP contribution in [0.2, 0.25) is 0 Å². The summed E-state index contributed by atoms with van der Waals surface area (Å²) in [6.45, 7) is 7.64. The predicted octanol–water partition coefficient (Wildman–Crippen LogP) is 2.70. The maximum Gasteiger partial charge on any atom is 0.237 e. The number of aryl methyl sites for hydroxylation is 2. The topological polar surface area (TPSA) is 52.9 Å². The number of rotatable bonds is 3. The number of hydrogen-bond acceptors (Lipinski definition) is 3. The van der Waals surface area contributed by atoms with E-state index in [1.54, 1.807) is 18.3 Å². The third kappa shape index (κ3) is 2.83. The summed E-state index contributed by atoms with van der Waals surface area (Å²) in [5, 5.41) is 11.5. The van der Waals surface area contributed by atoms with Crippen molar-refractivity contribution in [2.75, 3.05) is 0 Å². The fourth-order valence-corrected chi connectivity index (χ4v) is 2.58. The molecule has 1 amide bonds. The van der Waals surface area contributed by atoms with Crippen LogP contribution in [0.1, 0.15) is 35.2 Å². The van der Waals surface area contributed by atoms with Crippen LogP contribution in [0.15, 0.2) is 6.07 Å². The Morgan fingerprint density at radius 1 is 1.50 bits per heavy atom. The van der Waals surface area contributed by atoms with Crippen LogP contribution in [-0.2, 0) is 4.79 Å². The van der Waals surface area contributed by atoms with Gasteiger partial charge >= 0.3 is 0 Å². The van der Waals surface area contributed by atoms with Gasteiger partial charge in [0, 0.05) is 9.75 Å². The molecule has 0 saturated heterocycles. The molecule has 0 radical (unpaired) electrons. The molecule has 1 aromatic heterocycles. The van der Waals surface area contributed by atoms with Gasteiger partial charge in [0.25, 0.3) is 0 Å². The van der Waals surface area contributed by atoms with Crippen LogP contribution in [0.25, 0.3) is 0 Å². The first-order valence-corrected chi connectivity index (χ1v) is 6.04. The summed E-state index contributed by atoms with van der Waals surface area (Å²) in [5.74, 6) is -0.805. The monoisotopic (exact) mass is 236 g/mol. The smallest absolute Gasteiger partial charge is 0.237 e. The third-order valence-electron chi connectivity index (χ3n) is 2.49. The average Bonchev–Trinajstić information content (AvgIpc) is 2.56. The van der Waals surface area contributed by atoms with Gasteiger partial charge in [0.05, 0.1) is 12.1 Å². The Bertz CT molecular complexity index is 431. The zero-order valence-electron chi connectivity index (χ0n) is 10.00. The number of hydrogen-bond donors (Lipinski definition) is 1. The standard InChI is InChI=1S/C12H16N2OS/c1-7(6-13)12(15)14-9(3)11-5-8(2)16-10(11)4/h5,7,9H,1-4H3,(H,14,15). The second-order valence-corrected chi connectivity index (χ2v) is 5.41. The van der Waals surface area contributed by atoms with Crippen LogP contribution in [-0.4, -0.2) is 5.91 Å². The van der Waals surface area contributed by atoms with Crippen LogP contribution >= 0.6 is 11.3 Å². The van der Waals surface area contributed by atoms with Gasteiger partial charge in [-0.2, -0.15) is 5.26 Å². The van der Waals surface area contributed by atoms with Crippen LogP contribution in [0.4, 0.5) is 0 Å². The third-order valence-corrected chi connectivity index (χ3v) is 3.47. The molecular weight excluding hydrogens is 220 g/mol. The van der Waals surface area contributed by atoms with E-state index in [1.165, 1.54) is 9.75 Å². The number of amides is 1. The summed E-state index contributed by atoms with van der Waals surface area (Å²) in [7, 11) is 0.